The first-order chi connectivity index (χ1) is 10.1. The second-order valence-corrected chi connectivity index (χ2v) is 9.47. The average molecular weight is 437 g/mol. The molecule has 2 atom stereocenters. The molecule has 0 radical (unpaired) electrons. The van der Waals surface area contributed by atoms with Crippen LogP contribution in [-0.2, 0) is 17.8 Å². The van der Waals surface area contributed by atoms with Gasteiger partial charge in [0, 0.05) is 22.0 Å². The standard InChI is InChI=1S/C16H21FINO2S/c1-10(19-22(20)15(2,3)4)11-6-7-13(17)12-8-16(5,9-18)21-14(11)12/h6-7H,8-9H2,1-5H3. The van der Waals surface area contributed by atoms with Crippen LogP contribution in [0.5, 0.6) is 5.75 Å². The van der Waals surface area contributed by atoms with Gasteiger partial charge in [-0.3, -0.25) is 0 Å². The number of nitrogens with zero attached hydrogens (tertiary/aromatic N) is 1. The first kappa shape index (κ1) is 18.0. The molecule has 2 rings (SSSR count). The molecule has 22 heavy (non-hydrogen) atoms. The highest BCUT2D eigenvalue weighted by Gasteiger charge is 2.38. The molecule has 122 valence electrons. The van der Waals surface area contributed by atoms with Crippen LogP contribution in [0.15, 0.2) is 16.5 Å². The van der Waals surface area contributed by atoms with Gasteiger partial charge in [-0.1, -0.05) is 27.0 Å². The summed E-state index contributed by atoms with van der Waals surface area (Å²) in [6.07, 6.45) is 0.542. The largest absolute Gasteiger partial charge is 0.591 e. The molecule has 3 nitrogen and oxygen atoms in total. The molecule has 2 unspecified atom stereocenters. The van der Waals surface area contributed by atoms with E-state index in [-0.39, 0.29) is 5.82 Å². The molecular weight excluding hydrogens is 416 g/mol. The van der Waals surface area contributed by atoms with Crippen LogP contribution in [-0.4, -0.2) is 25.0 Å². The second kappa shape index (κ2) is 6.28. The monoisotopic (exact) mass is 437 g/mol. The topological polar surface area (TPSA) is 44.7 Å². The van der Waals surface area contributed by atoms with E-state index in [1.807, 2.05) is 27.7 Å². The highest BCUT2D eigenvalue weighted by atomic mass is 127. The Morgan fingerprint density at radius 2 is 2.14 bits per heavy atom. The van der Waals surface area contributed by atoms with E-state index in [0.29, 0.717) is 23.4 Å². The van der Waals surface area contributed by atoms with Crippen molar-refractivity contribution < 1.29 is 13.7 Å². The van der Waals surface area contributed by atoms with Gasteiger partial charge in [0.2, 0.25) is 0 Å². The summed E-state index contributed by atoms with van der Waals surface area (Å²) in [5, 5.41) is 0. The maximum absolute atomic E-state index is 14.1. The molecule has 6 heteroatoms. The Morgan fingerprint density at radius 3 is 2.68 bits per heavy atom. The van der Waals surface area contributed by atoms with Crippen LogP contribution in [0.25, 0.3) is 0 Å². The maximum Gasteiger partial charge on any atom is 0.144 e. The zero-order valence-corrected chi connectivity index (χ0v) is 16.5. The number of benzene rings is 1. The minimum atomic E-state index is -1.35. The van der Waals surface area contributed by atoms with E-state index in [9.17, 15) is 8.94 Å². The van der Waals surface area contributed by atoms with Crippen LogP contribution in [0.4, 0.5) is 4.39 Å². The van der Waals surface area contributed by atoms with Gasteiger partial charge in [0.05, 0.1) is 5.71 Å². The third kappa shape index (κ3) is 3.59. The molecule has 0 fully saturated rings. The first-order valence-corrected chi connectivity index (χ1v) is 9.75. The molecule has 1 aromatic carbocycles. The van der Waals surface area contributed by atoms with Crippen molar-refractivity contribution in [3.8, 4) is 5.75 Å². The number of ether oxygens (including phenoxy) is 1. The molecule has 0 saturated heterocycles. The van der Waals surface area contributed by atoms with Gasteiger partial charge in [-0.25, -0.2) is 4.39 Å². The molecule has 1 aromatic rings. The van der Waals surface area contributed by atoms with Crippen molar-refractivity contribution in [2.75, 3.05) is 4.43 Å². The van der Waals surface area contributed by atoms with Crippen molar-refractivity contribution in [2.24, 2.45) is 4.40 Å². The van der Waals surface area contributed by atoms with E-state index in [1.165, 1.54) is 6.07 Å². The highest BCUT2D eigenvalue weighted by molar-refractivity contribution is 14.1. The fraction of sp³-hybridized carbons (Fsp3) is 0.562. The predicted octanol–water partition coefficient (Wildman–Crippen LogP) is 4.23. The van der Waals surface area contributed by atoms with E-state index < -0.39 is 21.7 Å². The third-order valence-electron chi connectivity index (χ3n) is 3.52. The van der Waals surface area contributed by atoms with Gasteiger partial charge < -0.3 is 9.29 Å². The second-order valence-electron chi connectivity index (χ2n) is 6.80. The fourth-order valence-electron chi connectivity index (χ4n) is 2.21. The fourth-order valence-corrected chi connectivity index (χ4v) is 3.26. The van der Waals surface area contributed by atoms with E-state index in [4.69, 9.17) is 4.74 Å². The van der Waals surface area contributed by atoms with Crippen molar-refractivity contribution in [3.63, 3.8) is 0 Å². The van der Waals surface area contributed by atoms with Crippen LogP contribution in [0.1, 0.15) is 45.7 Å². The van der Waals surface area contributed by atoms with Gasteiger partial charge >= 0.3 is 0 Å². The lowest BCUT2D eigenvalue weighted by Crippen LogP contribution is -2.32. The van der Waals surface area contributed by atoms with E-state index in [1.54, 1.807) is 13.0 Å². The van der Waals surface area contributed by atoms with Crippen molar-refractivity contribution >= 4 is 39.7 Å². The number of fused-ring (bicyclic) bond motifs is 1. The zero-order chi connectivity index (χ0) is 16.7. The van der Waals surface area contributed by atoms with Crippen LogP contribution in [0.2, 0.25) is 0 Å². The lowest BCUT2D eigenvalue weighted by molar-refractivity contribution is 0.147. The van der Waals surface area contributed by atoms with Gasteiger partial charge in [-0.2, -0.15) is 0 Å². The van der Waals surface area contributed by atoms with Crippen molar-refractivity contribution in [1.82, 2.24) is 0 Å². The Labute approximate surface area is 148 Å². The summed E-state index contributed by atoms with van der Waals surface area (Å²) in [5.41, 5.74) is 1.53. The summed E-state index contributed by atoms with van der Waals surface area (Å²) in [6.45, 7) is 9.39. The lowest BCUT2D eigenvalue weighted by Gasteiger charge is -2.21. The Balaban J connectivity index is 2.44. The van der Waals surface area contributed by atoms with Crippen molar-refractivity contribution in [3.05, 3.63) is 29.1 Å². The maximum atomic E-state index is 14.1. The summed E-state index contributed by atoms with van der Waals surface area (Å²) < 4.78 is 36.9. The van der Waals surface area contributed by atoms with E-state index >= 15 is 0 Å². The summed E-state index contributed by atoms with van der Waals surface area (Å²) >= 11 is 0.896. The number of hydrogen-bond acceptors (Lipinski definition) is 3. The number of alkyl halides is 1. The van der Waals surface area contributed by atoms with Crippen LogP contribution in [0, 0.1) is 5.82 Å². The lowest BCUT2D eigenvalue weighted by atomic mass is 9.99. The zero-order valence-electron chi connectivity index (χ0n) is 13.5. The summed E-state index contributed by atoms with van der Waals surface area (Å²) in [7, 11) is 0. The van der Waals surface area contributed by atoms with E-state index in [0.717, 1.165) is 9.99 Å². The minimum absolute atomic E-state index is 0.253. The van der Waals surface area contributed by atoms with E-state index in [2.05, 4.69) is 27.0 Å². The Bertz CT molecular complexity index is 615. The number of rotatable bonds is 3. The Kier molecular flexibility index (Phi) is 5.14. The smallest absolute Gasteiger partial charge is 0.144 e. The van der Waals surface area contributed by atoms with Crippen LogP contribution in [0.3, 0.4) is 0 Å². The van der Waals surface area contributed by atoms with Gasteiger partial charge in [-0.05, 0) is 46.8 Å². The molecule has 1 aliphatic heterocycles. The molecule has 0 amide bonds. The van der Waals surface area contributed by atoms with Crippen LogP contribution < -0.4 is 4.74 Å². The van der Waals surface area contributed by atoms with Crippen molar-refractivity contribution in [2.45, 2.75) is 51.4 Å². The number of hydrogen-bond donors (Lipinski definition) is 0. The molecule has 0 aliphatic carbocycles. The van der Waals surface area contributed by atoms with Gasteiger partial charge in [-0.15, -0.1) is 0 Å². The molecule has 0 saturated carbocycles. The molecule has 0 spiro atoms. The van der Waals surface area contributed by atoms with Gasteiger partial charge in [0.1, 0.15) is 33.3 Å². The molecular formula is C16H21FINO2S. The summed E-state index contributed by atoms with van der Waals surface area (Å²) in [4.78, 5) is 0. The van der Waals surface area contributed by atoms with Gasteiger partial charge in [0.25, 0.3) is 0 Å². The molecule has 1 heterocycles. The Hall–Kier alpha value is -0.340. The first-order valence-electron chi connectivity index (χ1n) is 7.11. The molecule has 1 aliphatic rings. The summed E-state index contributed by atoms with van der Waals surface area (Å²) in [6, 6.07) is 3.10. The average Bonchev–Trinajstić information content (AvgIpc) is 2.77. The predicted molar refractivity (Wildman–Crippen MR) is 98.1 cm³/mol. The highest BCUT2D eigenvalue weighted by Crippen LogP contribution is 2.40. The molecule has 0 aromatic heterocycles. The summed E-state index contributed by atoms with van der Waals surface area (Å²) in [5.74, 6) is 0.295. The Morgan fingerprint density at radius 1 is 1.50 bits per heavy atom. The quantitative estimate of drug-likeness (QED) is 0.308. The molecule has 0 N–H and O–H groups in total. The SMILES string of the molecule is CC(=N[S+]([O-])C(C)(C)C)c1ccc(F)c2c1OC(C)(CI)C2. The third-order valence-corrected chi connectivity index (χ3v) is 6.62. The minimum Gasteiger partial charge on any atom is -0.591 e. The van der Waals surface area contributed by atoms with Crippen LogP contribution >= 0.6 is 22.6 Å². The number of halogens is 2. The van der Waals surface area contributed by atoms with Gasteiger partial charge in [0.15, 0.2) is 0 Å². The normalized spacial score (nSPS) is 23.2. The molecule has 0 bridgehead atoms. The van der Waals surface area contributed by atoms with Crippen molar-refractivity contribution in [1.29, 1.82) is 0 Å².